The molecule has 4 rings (SSSR count). The van der Waals surface area contributed by atoms with Gasteiger partial charge in [0.2, 0.25) is 11.8 Å². The molecular formula is C21H23ClN4O2S. The number of hydrogen-bond donors (Lipinski definition) is 0. The fourth-order valence-electron chi connectivity index (χ4n) is 3.82. The van der Waals surface area contributed by atoms with Gasteiger partial charge in [0.25, 0.3) is 5.22 Å². The van der Waals surface area contributed by atoms with Gasteiger partial charge in [0.05, 0.1) is 5.75 Å². The number of aryl methyl sites for hydroxylation is 2. The number of rotatable bonds is 5. The average molecular weight is 431 g/mol. The molecule has 6 nitrogen and oxygen atoms in total. The zero-order valence-electron chi connectivity index (χ0n) is 16.5. The first-order valence-electron chi connectivity index (χ1n) is 9.65. The lowest BCUT2D eigenvalue weighted by atomic mass is 10.0. The number of aromatic nitrogens is 3. The van der Waals surface area contributed by atoms with E-state index in [2.05, 4.69) is 40.7 Å². The van der Waals surface area contributed by atoms with Crippen molar-refractivity contribution >= 4 is 29.3 Å². The van der Waals surface area contributed by atoms with Gasteiger partial charge in [-0.3, -0.25) is 4.79 Å². The molecule has 1 aliphatic rings. The third kappa shape index (κ3) is 4.51. The van der Waals surface area contributed by atoms with Crippen LogP contribution >= 0.6 is 23.4 Å². The highest BCUT2D eigenvalue weighted by atomic mass is 35.5. The summed E-state index contributed by atoms with van der Waals surface area (Å²) in [6.07, 6.45) is 1.96. The summed E-state index contributed by atoms with van der Waals surface area (Å²) in [6.45, 7) is 5.84. The number of piperidine rings is 1. The first-order chi connectivity index (χ1) is 14.0. The molecule has 3 heterocycles. The van der Waals surface area contributed by atoms with Gasteiger partial charge in [-0.25, -0.2) is 0 Å². The van der Waals surface area contributed by atoms with Gasteiger partial charge in [-0.05, 0) is 63.1 Å². The molecule has 0 atom stereocenters. The van der Waals surface area contributed by atoms with E-state index in [-0.39, 0.29) is 5.91 Å². The minimum Gasteiger partial charge on any atom is -0.411 e. The monoisotopic (exact) mass is 430 g/mol. The van der Waals surface area contributed by atoms with Gasteiger partial charge in [-0.15, -0.1) is 10.2 Å². The molecule has 3 aromatic rings. The van der Waals surface area contributed by atoms with Gasteiger partial charge in [0, 0.05) is 41.1 Å². The zero-order valence-corrected chi connectivity index (χ0v) is 18.0. The predicted octanol–water partition coefficient (Wildman–Crippen LogP) is 4.76. The summed E-state index contributed by atoms with van der Waals surface area (Å²) in [5.41, 5.74) is 3.38. The van der Waals surface area contributed by atoms with E-state index < -0.39 is 0 Å². The summed E-state index contributed by atoms with van der Waals surface area (Å²) in [7, 11) is 0. The molecule has 29 heavy (non-hydrogen) atoms. The highest BCUT2D eigenvalue weighted by Crippen LogP contribution is 2.28. The SMILES string of the molecule is Cc1ccc(C)n1C1CCN(C(=O)CSc2nnc(-c3ccc(Cl)cc3)o2)CC1. The van der Waals surface area contributed by atoms with Crippen LogP contribution in [0.25, 0.3) is 11.5 Å². The van der Waals surface area contributed by atoms with Crippen molar-refractivity contribution < 1.29 is 9.21 Å². The van der Waals surface area contributed by atoms with Gasteiger partial charge in [-0.1, -0.05) is 23.4 Å². The van der Waals surface area contributed by atoms with Crippen LogP contribution < -0.4 is 0 Å². The van der Waals surface area contributed by atoms with Crippen molar-refractivity contribution in [3.63, 3.8) is 0 Å². The van der Waals surface area contributed by atoms with Crippen molar-refractivity contribution in [1.82, 2.24) is 19.7 Å². The predicted molar refractivity (Wildman–Crippen MR) is 114 cm³/mol. The van der Waals surface area contributed by atoms with E-state index in [9.17, 15) is 4.79 Å². The quantitative estimate of drug-likeness (QED) is 0.546. The summed E-state index contributed by atoms with van der Waals surface area (Å²) in [5, 5.41) is 9.14. The van der Waals surface area contributed by atoms with Gasteiger partial charge in [-0.2, -0.15) is 0 Å². The molecule has 0 unspecified atom stereocenters. The molecular weight excluding hydrogens is 408 g/mol. The molecule has 0 radical (unpaired) electrons. The second kappa shape index (κ2) is 8.63. The minimum atomic E-state index is 0.112. The number of nitrogens with zero attached hydrogens (tertiary/aromatic N) is 4. The maximum atomic E-state index is 12.6. The number of amides is 1. The van der Waals surface area contributed by atoms with Crippen LogP contribution in [0.2, 0.25) is 5.02 Å². The molecule has 2 aromatic heterocycles. The van der Waals surface area contributed by atoms with E-state index in [1.807, 2.05) is 17.0 Å². The molecule has 1 saturated heterocycles. The van der Waals surface area contributed by atoms with Crippen LogP contribution in [0.4, 0.5) is 0 Å². The maximum absolute atomic E-state index is 12.6. The van der Waals surface area contributed by atoms with Gasteiger partial charge in [0.15, 0.2) is 0 Å². The van der Waals surface area contributed by atoms with Crippen LogP contribution in [0, 0.1) is 13.8 Å². The standard InChI is InChI=1S/C21H23ClN4O2S/c1-14-3-4-15(2)26(14)18-9-11-25(12-10-18)19(27)13-29-21-24-23-20(28-21)16-5-7-17(22)8-6-16/h3-8,18H,9-13H2,1-2H3. The van der Waals surface area contributed by atoms with Gasteiger partial charge in [0.1, 0.15) is 0 Å². The molecule has 0 bridgehead atoms. The summed E-state index contributed by atoms with van der Waals surface area (Å²) < 4.78 is 8.06. The average Bonchev–Trinajstić information content (AvgIpc) is 3.33. The normalized spacial score (nSPS) is 15.1. The Balaban J connectivity index is 1.29. The number of thioether (sulfide) groups is 1. The molecule has 1 aromatic carbocycles. The topological polar surface area (TPSA) is 64.2 Å². The third-order valence-corrected chi connectivity index (χ3v) is 6.38. The Labute approximate surface area is 179 Å². The van der Waals surface area contributed by atoms with E-state index in [4.69, 9.17) is 16.0 Å². The first kappa shape index (κ1) is 20.0. The van der Waals surface area contributed by atoms with E-state index >= 15 is 0 Å². The molecule has 0 aliphatic carbocycles. The lowest BCUT2D eigenvalue weighted by Crippen LogP contribution is -2.40. The summed E-state index contributed by atoms with van der Waals surface area (Å²) in [4.78, 5) is 14.5. The minimum absolute atomic E-state index is 0.112. The Morgan fingerprint density at radius 3 is 2.41 bits per heavy atom. The Morgan fingerprint density at radius 1 is 1.10 bits per heavy atom. The molecule has 8 heteroatoms. The highest BCUT2D eigenvalue weighted by Gasteiger charge is 2.25. The number of hydrogen-bond acceptors (Lipinski definition) is 5. The van der Waals surface area contributed by atoms with Crippen molar-refractivity contribution in [3.05, 3.63) is 52.8 Å². The number of likely N-dealkylation sites (tertiary alicyclic amines) is 1. The van der Waals surface area contributed by atoms with E-state index in [0.29, 0.717) is 27.9 Å². The molecule has 152 valence electrons. The van der Waals surface area contributed by atoms with Crippen LogP contribution in [-0.2, 0) is 4.79 Å². The Kier molecular flexibility index (Phi) is 5.96. The molecule has 1 aliphatic heterocycles. The fourth-order valence-corrected chi connectivity index (χ4v) is 4.61. The third-order valence-electron chi connectivity index (χ3n) is 5.32. The maximum Gasteiger partial charge on any atom is 0.277 e. The lowest BCUT2D eigenvalue weighted by molar-refractivity contribution is -0.129. The molecule has 1 fully saturated rings. The number of halogens is 1. The van der Waals surface area contributed by atoms with Crippen LogP contribution in [-0.4, -0.2) is 44.4 Å². The Morgan fingerprint density at radius 2 is 1.76 bits per heavy atom. The number of benzene rings is 1. The fraction of sp³-hybridized carbons (Fsp3) is 0.381. The Hall–Kier alpha value is -2.25. The smallest absolute Gasteiger partial charge is 0.277 e. The van der Waals surface area contributed by atoms with Crippen molar-refractivity contribution in [3.8, 4) is 11.5 Å². The van der Waals surface area contributed by atoms with Gasteiger partial charge >= 0.3 is 0 Å². The Bertz CT molecular complexity index is 971. The second-order valence-electron chi connectivity index (χ2n) is 7.27. The number of carbonyl (C=O) groups is 1. The van der Waals surface area contributed by atoms with Crippen molar-refractivity contribution in [2.24, 2.45) is 0 Å². The molecule has 1 amide bonds. The van der Waals surface area contributed by atoms with E-state index in [0.717, 1.165) is 31.5 Å². The second-order valence-corrected chi connectivity index (χ2v) is 8.63. The summed E-state index contributed by atoms with van der Waals surface area (Å²) in [5.74, 6) is 0.838. The molecule has 0 saturated carbocycles. The van der Waals surface area contributed by atoms with Crippen molar-refractivity contribution in [2.45, 2.75) is 38.0 Å². The van der Waals surface area contributed by atoms with Crippen LogP contribution in [0.5, 0.6) is 0 Å². The van der Waals surface area contributed by atoms with Crippen LogP contribution in [0.3, 0.4) is 0 Å². The summed E-state index contributed by atoms with van der Waals surface area (Å²) >= 11 is 7.18. The first-order valence-corrected chi connectivity index (χ1v) is 11.0. The number of carbonyl (C=O) groups excluding carboxylic acids is 1. The highest BCUT2D eigenvalue weighted by molar-refractivity contribution is 7.99. The van der Waals surface area contributed by atoms with Crippen LogP contribution in [0.15, 0.2) is 46.0 Å². The summed E-state index contributed by atoms with van der Waals surface area (Å²) in [6, 6.07) is 12.0. The molecule has 0 N–H and O–H groups in total. The largest absolute Gasteiger partial charge is 0.411 e. The van der Waals surface area contributed by atoms with Crippen molar-refractivity contribution in [1.29, 1.82) is 0 Å². The zero-order chi connectivity index (χ0) is 20.4. The lowest BCUT2D eigenvalue weighted by Gasteiger charge is -2.34. The van der Waals surface area contributed by atoms with Crippen LogP contribution in [0.1, 0.15) is 30.3 Å². The van der Waals surface area contributed by atoms with Gasteiger partial charge < -0.3 is 13.9 Å². The van der Waals surface area contributed by atoms with Crippen molar-refractivity contribution in [2.75, 3.05) is 18.8 Å². The van der Waals surface area contributed by atoms with E-state index in [1.54, 1.807) is 12.1 Å². The van der Waals surface area contributed by atoms with E-state index in [1.165, 1.54) is 23.1 Å². The molecule has 0 spiro atoms.